The quantitative estimate of drug-likeness (QED) is 0.845. The summed E-state index contributed by atoms with van der Waals surface area (Å²) in [6, 6.07) is 12.8. The first kappa shape index (κ1) is 16.0. The fourth-order valence-electron chi connectivity index (χ4n) is 2.16. The first-order valence-electron chi connectivity index (χ1n) is 7.12. The van der Waals surface area contributed by atoms with E-state index in [1.54, 1.807) is 24.3 Å². The van der Waals surface area contributed by atoms with Crippen LogP contribution in [-0.4, -0.2) is 26.7 Å². The Balaban J connectivity index is 1.94. The van der Waals surface area contributed by atoms with Crippen molar-refractivity contribution < 1.29 is 13.2 Å². The van der Waals surface area contributed by atoms with Gasteiger partial charge in [0.25, 0.3) is 10.0 Å². The Hall–Kier alpha value is -2.87. The maximum atomic E-state index is 12.5. The van der Waals surface area contributed by atoms with Crippen molar-refractivity contribution in [2.75, 3.05) is 11.4 Å². The Morgan fingerprint density at radius 2 is 1.79 bits per heavy atom. The van der Waals surface area contributed by atoms with Crippen molar-refractivity contribution in [3.63, 3.8) is 0 Å². The number of benzene rings is 2. The second kappa shape index (κ2) is 6.32. The maximum absolute atomic E-state index is 12.5. The van der Waals surface area contributed by atoms with E-state index >= 15 is 0 Å². The van der Waals surface area contributed by atoms with Gasteiger partial charge in [0, 0.05) is 0 Å². The van der Waals surface area contributed by atoms with Crippen molar-refractivity contribution in [1.29, 1.82) is 0 Å². The third kappa shape index (κ3) is 3.23. The standard InChI is InChI=1S/C16H14N4O3S/c1-11-6-8-12(9-7-11)24(22,23)20-14-5-3-2-4-13(14)15(21)16-17-10-18-19-16/h2-9,20H,10H2,1H3. The van der Waals surface area contributed by atoms with E-state index in [1.165, 1.54) is 24.3 Å². The van der Waals surface area contributed by atoms with E-state index < -0.39 is 15.8 Å². The summed E-state index contributed by atoms with van der Waals surface area (Å²) in [5, 5.41) is 7.30. The van der Waals surface area contributed by atoms with Gasteiger partial charge >= 0.3 is 0 Å². The summed E-state index contributed by atoms with van der Waals surface area (Å²) in [6.07, 6.45) is 0. The largest absolute Gasteiger partial charge is 0.285 e. The lowest BCUT2D eigenvalue weighted by Crippen LogP contribution is -2.18. The average Bonchev–Trinajstić information content (AvgIpc) is 3.09. The highest BCUT2D eigenvalue weighted by Crippen LogP contribution is 2.22. The van der Waals surface area contributed by atoms with Gasteiger partial charge in [0.15, 0.2) is 6.67 Å². The summed E-state index contributed by atoms with van der Waals surface area (Å²) in [5.74, 6) is -0.504. The number of hydrogen-bond acceptors (Lipinski definition) is 6. The van der Waals surface area contributed by atoms with Gasteiger partial charge in [-0.1, -0.05) is 29.8 Å². The lowest BCUT2D eigenvalue weighted by Gasteiger charge is -2.11. The van der Waals surface area contributed by atoms with E-state index in [2.05, 4.69) is 19.9 Å². The van der Waals surface area contributed by atoms with Crippen LogP contribution in [0.5, 0.6) is 0 Å². The highest BCUT2D eigenvalue weighted by Gasteiger charge is 2.22. The van der Waals surface area contributed by atoms with Crippen LogP contribution >= 0.6 is 0 Å². The SMILES string of the molecule is Cc1ccc(S(=O)(=O)Nc2ccccc2C(=O)C2=NCN=N2)cc1. The Kier molecular flexibility index (Phi) is 4.22. The molecule has 0 aromatic heterocycles. The van der Waals surface area contributed by atoms with Gasteiger partial charge in [-0.15, -0.1) is 5.11 Å². The molecule has 1 heterocycles. The van der Waals surface area contributed by atoms with Crippen molar-refractivity contribution in [3.8, 4) is 0 Å². The van der Waals surface area contributed by atoms with Gasteiger partial charge in [-0.25, -0.2) is 13.4 Å². The topological polar surface area (TPSA) is 100 Å². The predicted molar refractivity (Wildman–Crippen MR) is 89.9 cm³/mol. The van der Waals surface area contributed by atoms with E-state index in [4.69, 9.17) is 0 Å². The van der Waals surface area contributed by atoms with Gasteiger partial charge in [0.1, 0.15) is 0 Å². The number of azo groups is 1. The van der Waals surface area contributed by atoms with Gasteiger partial charge in [0.2, 0.25) is 11.6 Å². The van der Waals surface area contributed by atoms with Crippen molar-refractivity contribution in [2.24, 2.45) is 15.2 Å². The first-order chi connectivity index (χ1) is 11.5. The number of hydrogen-bond donors (Lipinski definition) is 1. The second-order valence-corrected chi connectivity index (χ2v) is 6.84. The van der Waals surface area contributed by atoms with Crippen LogP contribution < -0.4 is 4.72 Å². The smallest absolute Gasteiger partial charge is 0.261 e. The molecule has 1 aliphatic rings. The van der Waals surface area contributed by atoms with Crippen molar-refractivity contribution in [2.45, 2.75) is 11.8 Å². The molecule has 0 spiro atoms. The van der Waals surface area contributed by atoms with Crippen LogP contribution in [0.15, 0.2) is 68.6 Å². The molecule has 24 heavy (non-hydrogen) atoms. The molecule has 7 nitrogen and oxygen atoms in total. The monoisotopic (exact) mass is 342 g/mol. The number of carbonyl (C=O) groups is 1. The summed E-state index contributed by atoms with van der Waals surface area (Å²) in [5.41, 5.74) is 1.30. The Morgan fingerprint density at radius 1 is 1.08 bits per heavy atom. The molecule has 1 aliphatic heterocycles. The molecule has 0 amide bonds. The molecule has 2 aromatic rings. The molecular weight excluding hydrogens is 328 g/mol. The Morgan fingerprint density at radius 3 is 2.46 bits per heavy atom. The number of Topliss-reactive ketones (excluding diaryl/α,β-unsaturated/α-hetero) is 1. The van der Waals surface area contributed by atoms with Gasteiger partial charge in [0.05, 0.1) is 16.1 Å². The number of aliphatic imine (C=N–C) groups is 1. The third-order valence-corrected chi connectivity index (χ3v) is 4.78. The fraction of sp³-hybridized carbons (Fsp3) is 0.125. The van der Waals surface area contributed by atoms with Crippen LogP contribution in [0.2, 0.25) is 0 Å². The maximum Gasteiger partial charge on any atom is 0.261 e. The van der Waals surface area contributed by atoms with Crippen LogP contribution in [0.1, 0.15) is 15.9 Å². The van der Waals surface area contributed by atoms with Crippen molar-refractivity contribution >= 4 is 27.3 Å². The summed E-state index contributed by atoms with van der Waals surface area (Å²) in [4.78, 5) is 16.4. The summed E-state index contributed by atoms with van der Waals surface area (Å²) in [6.45, 7) is 1.98. The molecule has 0 saturated heterocycles. The molecule has 0 bridgehead atoms. The van der Waals surface area contributed by atoms with Gasteiger partial charge < -0.3 is 0 Å². The number of anilines is 1. The third-order valence-electron chi connectivity index (χ3n) is 3.40. The van der Waals surface area contributed by atoms with E-state index in [-0.39, 0.29) is 28.7 Å². The molecule has 0 aliphatic carbocycles. The van der Waals surface area contributed by atoms with Crippen LogP contribution in [0.4, 0.5) is 5.69 Å². The van der Waals surface area contributed by atoms with E-state index in [1.807, 2.05) is 6.92 Å². The second-order valence-electron chi connectivity index (χ2n) is 5.16. The molecule has 0 radical (unpaired) electrons. The highest BCUT2D eigenvalue weighted by atomic mass is 32.2. The number of nitrogens with zero attached hydrogens (tertiary/aromatic N) is 3. The number of ketones is 1. The van der Waals surface area contributed by atoms with Gasteiger partial charge in [-0.3, -0.25) is 9.52 Å². The Bertz CT molecular complexity index is 948. The average molecular weight is 342 g/mol. The molecule has 122 valence electrons. The van der Waals surface area contributed by atoms with E-state index in [9.17, 15) is 13.2 Å². The molecule has 2 aromatic carbocycles. The number of sulfonamides is 1. The number of amidine groups is 1. The van der Waals surface area contributed by atoms with Gasteiger partial charge in [-0.2, -0.15) is 5.11 Å². The molecule has 3 rings (SSSR count). The molecule has 0 unspecified atom stereocenters. The minimum Gasteiger partial charge on any atom is -0.285 e. The van der Waals surface area contributed by atoms with E-state index in [0.29, 0.717) is 0 Å². The normalized spacial score (nSPS) is 13.6. The first-order valence-corrected chi connectivity index (χ1v) is 8.61. The lowest BCUT2D eigenvalue weighted by molar-refractivity contribution is 0.106. The number of para-hydroxylation sites is 1. The molecule has 1 N–H and O–H groups in total. The molecule has 0 fully saturated rings. The highest BCUT2D eigenvalue weighted by molar-refractivity contribution is 7.92. The number of nitrogens with one attached hydrogen (secondary N) is 1. The predicted octanol–water partition coefficient (Wildman–Crippen LogP) is 2.80. The van der Waals surface area contributed by atoms with Gasteiger partial charge in [-0.05, 0) is 31.2 Å². The number of aryl methyl sites for hydroxylation is 1. The molecule has 0 atom stereocenters. The zero-order valence-electron chi connectivity index (χ0n) is 12.8. The number of carbonyl (C=O) groups excluding carboxylic acids is 1. The van der Waals surface area contributed by atoms with Crippen LogP contribution in [0.25, 0.3) is 0 Å². The van der Waals surface area contributed by atoms with Crippen LogP contribution in [0.3, 0.4) is 0 Å². The summed E-state index contributed by atoms with van der Waals surface area (Å²) >= 11 is 0. The van der Waals surface area contributed by atoms with E-state index in [0.717, 1.165) is 5.56 Å². The minimum atomic E-state index is -3.81. The zero-order chi connectivity index (χ0) is 17.2. The fourth-order valence-corrected chi connectivity index (χ4v) is 3.24. The van der Waals surface area contributed by atoms with Crippen molar-refractivity contribution in [3.05, 3.63) is 59.7 Å². The zero-order valence-corrected chi connectivity index (χ0v) is 13.6. The lowest BCUT2D eigenvalue weighted by atomic mass is 10.1. The minimum absolute atomic E-state index is 0.0306. The summed E-state index contributed by atoms with van der Waals surface area (Å²) < 4.78 is 27.5. The Labute approximate surface area is 139 Å². The number of rotatable bonds is 5. The van der Waals surface area contributed by atoms with Crippen molar-refractivity contribution in [1.82, 2.24) is 0 Å². The van der Waals surface area contributed by atoms with Crippen LogP contribution in [0, 0.1) is 6.92 Å². The summed E-state index contributed by atoms with van der Waals surface area (Å²) in [7, 11) is -3.81. The van der Waals surface area contributed by atoms with Crippen LogP contribution in [-0.2, 0) is 10.0 Å². The molecule has 8 heteroatoms. The molecular formula is C16H14N4O3S. The molecule has 0 saturated carbocycles.